The average Bonchev–Trinajstić information content (AvgIpc) is 2.30. The van der Waals surface area contributed by atoms with Crippen LogP contribution in [-0.2, 0) is 4.79 Å². The molecule has 0 bridgehead atoms. The van der Waals surface area contributed by atoms with Gasteiger partial charge in [0.15, 0.2) is 5.75 Å². The maximum Gasteiger partial charge on any atom is 0.224 e. The number of anilines is 1. The fourth-order valence-corrected chi connectivity index (χ4v) is 2.80. The van der Waals surface area contributed by atoms with Crippen LogP contribution in [0.3, 0.4) is 0 Å². The molecule has 4 N–H and O–H groups in total. The molecule has 0 aromatic heterocycles. The number of nitrogens with one attached hydrogen (secondary N) is 1. The van der Waals surface area contributed by atoms with E-state index in [1.165, 1.54) is 12.1 Å². The molecule has 19 heavy (non-hydrogen) atoms. The second-order valence-electron chi connectivity index (χ2n) is 5.07. The molecule has 0 saturated heterocycles. The number of aromatic hydroxyl groups is 1. The van der Waals surface area contributed by atoms with Crippen molar-refractivity contribution >= 4 is 34.8 Å². The first-order chi connectivity index (χ1) is 8.96. The van der Waals surface area contributed by atoms with Crippen LogP contribution in [0.15, 0.2) is 12.1 Å². The summed E-state index contributed by atoms with van der Waals surface area (Å²) < 4.78 is 0. The third-order valence-electron chi connectivity index (χ3n) is 3.68. The highest BCUT2D eigenvalue weighted by Crippen LogP contribution is 2.43. The zero-order chi connectivity index (χ0) is 14.0. The molecule has 0 unspecified atom stereocenters. The van der Waals surface area contributed by atoms with E-state index in [0.717, 1.165) is 19.3 Å². The first kappa shape index (κ1) is 14.4. The highest BCUT2D eigenvalue weighted by molar-refractivity contribution is 6.37. The number of amides is 1. The molecule has 1 fully saturated rings. The Morgan fingerprint density at radius 1 is 1.37 bits per heavy atom. The Morgan fingerprint density at radius 2 is 1.95 bits per heavy atom. The number of phenolic OH excluding ortho intramolecular Hbond substituents is 1. The molecule has 1 amide bonds. The molecular weight excluding hydrogens is 287 g/mol. The summed E-state index contributed by atoms with van der Waals surface area (Å²) in [7, 11) is 0. The van der Waals surface area contributed by atoms with Crippen molar-refractivity contribution in [1.82, 2.24) is 0 Å². The third-order valence-corrected chi connectivity index (χ3v) is 4.26. The van der Waals surface area contributed by atoms with Gasteiger partial charge in [0.1, 0.15) is 0 Å². The molecule has 1 saturated carbocycles. The number of carbonyl (C=O) groups is 1. The molecule has 1 aliphatic carbocycles. The van der Waals surface area contributed by atoms with E-state index in [9.17, 15) is 9.90 Å². The van der Waals surface area contributed by atoms with Crippen molar-refractivity contribution in [3.8, 4) is 5.75 Å². The minimum Gasteiger partial charge on any atom is -0.505 e. The van der Waals surface area contributed by atoms with E-state index < -0.39 is 0 Å². The van der Waals surface area contributed by atoms with E-state index in [1.807, 2.05) is 0 Å². The number of hydrogen-bond donors (Lipinski definition) is 3. The number of hydrogen-bond acceptors (Lipinski definition) is 3. The number of rotatable bonds is 4. The summed E-state index contributed by atoms with van der Waals surface area (Å²) in [5, 5.41) is 12.4. The molecule has 6 heteroatoms. The number of benzene rings is 1. The Balaban J connectivity index is 2.03. The molecule has 0 spiro atoms. The summed E-state index contributed by atoms with van der Waals surface area (Å²) in [5.41, 5.74) is 6.15. The van der Waals surface area contributed by atoms with Crippen LogP contribution in [0.2, 0.25) is 10.0 Å². The Morgan fingerprint density at radius 3 is 2.37 bits per heavy atom. The van der Waals surface area contributed by atoms with Crippen molar-refractivity contribution < 1.29 is 9.90 Å². The molecule has 2 rings (SSSR count). The number of phenols is 1. The van der Waals surface area contributed by atoms with Crippen molar-refractivity contribution in [3.05, 3.63) is 22.2 Å². The van der Waals surface area contributed by atoms with Crippen LogP contribution >= 0.6 is 23.2 Å². The lowest BCUT2D eigenvalue weighted by Crippen LogP contribution is -2.40. The molecule has 1 aliphatic rings. The van der Waals surface area contributed by atoms with E-state index in [0.29, 0.717) is 18.7 Å². The van der Waals surface area contributed by atoms with Gasteiger partial charge in [-0.15, -0.1) is 0 Å². The van der Waals surface area contributed by atoms with Gasteiger partial charge < -0.3 is 16.2 Å². The molecule has 0 radical (unpaired) electrons. The standard InChI is InChI=1S/C13H16Cl2N2O2/c14-9-4-8(5-10(15)12(9)19)17-11(18)6-13(7-16)2-1-3-13/h4-5,19H,1-3,6-7,16H2,(H,17,18). The largest absolute Gasteiger partial charge is 0.505 e. The highest BCUT2D eigenvalue weighted by atomic mass is 35.5. The zero-order valence-electron chi connectivity index (χ0n) is 10.4. The van der Waals surface area contributed by atoms with E-state index in [4.69, 9.17) is 28.9 Å². The summed E-state index contributed by atoms with van der Waals surface area (Å²) >= 11 is 11.6. The molecule has 4 nitrogen and oxygen atoms in total. The third kappa shape index (κ3) is 3.14. The Hall–Kier alpha value is -0.970. The topological polar surface area (TPSA) is 75.4 Å². The van der Waals surface area contributed by atoms with Gasteiger partial charge >= 0.3 is 0 Å². The van der Waals surface area contributed by atoms with Crippen molar-refractivity contribution in [2.45, 2.75) is 25.7 Å². The van der Waals surface area contributed by atoms with Crippen LogP contribution in [0.5, 0.6) is 5.75 Å². The Kier molecular flexibility index (Phi) is 4.23. The van der Waals surface area contributed by atoms with Gasteiger partial charge in [0.2, 0.25) is 5.91 Å². The first-order valence-corrected chi connectivity index (χ1v) is 6.89. The van der Waals surface area contributed by atoms with Crippen LogP contribution in [0.1, 0.15) is 25.7 Å². The van der Waals surface area contributed by atoms with Gasteiger partial charge in [0.25, 0.3) is 0 Å². The summed E-state index contributed by atoms with van der Waals surface area (Å²) in [6.45, 7) is 0.525. The summed E-state index contributed by atoms with van der Waals surface area (Å²) in [6.07, 6.45) is 3.52. The SMILES string of the molecule is NCC1(CC(=O)Nc2cc(Cl)c(O)c(Cl)c2)CCC1. The highest BCUT2D eigenvalue weighted by Gasteiger charge is 2.37. The second-order valence-corrected chi connectivity index (χ2v) is 5.89. The smallest absolute Gasteiger partial charge is 0.224 e. The van der Waals surface area contributed by atoms with Gasteiger partial charge in [-0.3, -0.25) is 4.79 Å². The fraction of sp³-hybridized carbons (Fsp3) is 0.462. The van der Waals surface area contributed by atoms with Gasteiger partial charge in [-0.2, -0.15) is 0 Å². The molecule has 1 aromatic carbocycles. The molecule has 104 valence electrons. The number of halogens is 2. The minimum atomic E-state index is -0.182. The molecular formula is C13H16Cl2N2O2. The average molecular weight is 303 g/mol. The maximum absolute atomic E-state index is 12.0. The number of carbonyl (C=O) groups excluding carboxylic acids is 1. The monoisotopic (exact) mass is 302 g/mol. The van der Waals surface area contributed by atoms with Crippen molar-refractivity contribution in [1.29, 1.82) is 0 Å². The van der Waals surface area contributed by atoms with Crippen molar-refractivity contribution in [2.24, 2.45) is 11.1 Å². The van der Waals surface area contributed by atoms with Gasteiger partial charge in [-0.25, -0.2) is 0 Å². The van der Waals surface area contributed by atoms with E-state index in [1.54, 1.807) is 0 Å². The van der Waals surface area contributed by atoms with Crippen molar-refractivity contribution in [2.75, 3.05) is 11.9 Å². The van der Waals surface area contributed by atoms with Gasteiger partial charge in [-0.05, 0) is 36.9 Å². The molecule has 1 aromatic rings. The zero-order valence-corrected chi connectivity index (χ0v) is 11.9. The molecule has 0 atom stereocenters. The van der Waals surface area contributed by atoms with E-state index in [2.05, 4.69) is 5.32 Å². The van der Waals surface area contributed by atoms with E-state index >= 15 is 0 Å². The quantitative estimate of drug-likeness (QED) is 0.748. The van der Waals surface area contributed by atoms with E-state index in [-0.39, 0.29) is 27.1 Å². The lowest BCUT2D eigenvalue weighted by Gasteiger charge is -2.40. The van der Waals surface area contributed by atoms with Crippen LogP contribution in [-0.4, -0.2) is 17.6 Å². The first-order valence-electron chi connectivity index (χ1n) is 6.14. The van der Waals surface area contributed by atoms with Gasteiger partial charge in [0, 0.05) is 12.1 Å². The predicted octanol–water partition coefficient (Wildman–Crippen LogP) is 3.16. The minimum absolute atomic E-state index is 0.0470. The van der Waals surface area contributed by atoms with Crippen LogP contribution < -0.4 is 11.1 Å². The Bertz CT molecular complexity index is 473. The molecule has 0 aliphatic heterocycles. The van der Waals surface area contributed by atoms with Crippen LogP contribution in [0, 0.1) is 5.41 Å². The summed E-state index contributed by atoms with van der Waals surface area (Å²) in [5.74, 6) is -0.290. The summed E-state index contributed by atoms with van der Waals surface area (Å²) in [6, 6.07) is 2.94. The van der Waals surface area contributed by atoms with Crippen LogP contribution in [0.25, 0.3) is 0 Å². The predicted molar refractivity (Wildman–Crippen MR) is 76.7 cm³/mol. The maximum atomic E-state index is 12.0. The second kappa shape index (κ2) is 5.57. The van der Waals surface area contributed by atoms with Crippen LogP contribution in [0.4, 0.5) is 5.69 Å². The lowest BCUT2D eigenvalue weighted by molar-refractivity contribution is -0.119. The molecule has 0 heterocycles. The van der Waals surface area contributed by atoms with Gasteiger partial charge in [0.05, 0.1) is 10.0 Å². The van der Waals surface area contributed by atoms with Gasteiger partial charge in [-0.1, -0.05) is 29.6 Å². The normalized spacial score (nSPS) is 16.8. The van der Waals surface area contributed by atoms with Crippen molar-refractivity contribution in [3.63, 3.8) is 0 Å². The summed E-state index contributed by atoms with van der Waals surface area (Å²) in [4.78, 5) is 12.0. The Labute approximate surface area is 121 Å². The fourth-order valence-electron chi connectivity index (χ4n) is 2.31. The lowest BCUT2D eigenvalue weighted by atomic mass is 9.66. The number of nitrogens with two attached hydrogens (primary N) is 1.